The quantitative estimate of drug-likeness (QED) is 0.817. The van der Waals surface area contributed by atoms with E-state index in [9.17, 15) is 9.59 Å². The fourth-order valence-corrected chi connectivity index (χ4v) is 2.30. The van der Waals surface area contributed by atoms with Crippen LogP contribution in [0.15, 0.2) is 36.5 Å². The number of aliphatic carboxylic acids is 1. The molecule has 1 aliphatic rings. The summed E-state index contributed by atoms with van der Waals surface area (Å²) in [5.74, 6) is -0.118. The fraction of sp³-hybridized carbons (Fsp3) is 0.188. The Hall–Kier alpha value is -3.09. The lowest BCUT2D eigenvalue weighted by molar-refractivity contribution is -0.137. The van der Waals surface area contributed by atoms with Gasteiger partial charge in [-0.1, -0.05) is 6.07 Å². The standard InChI is InChI=1S/C16H15N3O4/c20-15(17-14-5-7-19(18-14)10-16(21)22)4-2-11-1-3-13-12(9-11)6-8-23-13/h1-5,7,9H,6,8,10H2,(H,21,22)(H,17,18,20). The van der Waals surface area contributed by atoms with Gasteiger partial charge in [0, 0.05) is 24.8 Å². The first-order valence-electron chi connectivity index (χ1n) is 7.10. The van der Waals surface area contributed by atoms with Gasteiger partial charge in [0.2, 0.25) is 5.91 Å². The minimum absolute atomic E-state index is 0.247. The number of benzene rings is 1. The van der Waals surface area contributed by atoms with Gasteiger partial charge in [0.15, 0.2) is 5.82 Å². The van der Waals surface area contributed by atoms with Crippen molar-refractivity contribution in [2.24, 2.45) is 0 Å². The molecule has 0 saturated heterocycles. The highest BCUT2D eigenvalue weighted by Crippen LogP contribution is 2.26. The molecule has 2 aromatic rings. The smallest absolute Gasteiger partial charge is 0.325 e. The van der Waals surface area contributed by atoms with E-state index in [1.165, 1.54) is 17.0 Å². The largest absolute Gasteiger partial charge is 0.493 e. The number of nitrogens with zero attached hydrogens (tertiary/aromatic N) is 2. The number of anilines is 1. The van der Waals surface area contributed by atoms with E-state index in [1.807, 2.05) is 18.2 Å². The predicted molar refractivity (Wildman–Crippen MR) is 83.2 cm³/mol. The summed E-state index contributed by atoms with van der Waals surface area (Å²) in [6.45, 7) is 0.449. The van der Waals surface area contributed by atoms with E-state index in [2.05, 4.69) is 10.4 Å². The van der Waals surface area contributed by atoms with Crippen LogP contribution in [0.2, 0.25) is 0 Å². The lowest BCUT2D eigenvalue weighted by Gasteiger charge is -2.00. The Morgan fingerprint density at radius 3 is 3.09 bits per heavy atom. The number of carboxylic acids is 1. The van der Waals surface area contributed by atoms with Crippen LogP contribution in [-0.2, 0) is 22.6 Å². The molecule has 0 fully saturated rings. The van der Waals surface area contributed by atoms with E-state index in [4.69, 9.17) is 9.84 Å². The number of hydrogen-bond donors (Lipinski definition) is 2. The molecule has 0 spiro atoms. The lowest BCUT2D eigenvalue weighted by atomic mass is 10.1. The Bertz CT molecular complexity index is 779. The van der Waals surface area contributed by atoms with Crippen molar-refractivity contribution in [3.8, 4) is 5.75 Å². The molecule has 7 nitrogen and oxygen atoms in total. The van der Waals surface area contributed by atoms with Crippen molar-refractivity contribution in [3.63, 3.8) is 0 Å². The first kappa shape index (κ1) is 14.8. The van der Waals surface area contributed by atoms with Crippen molar-refractivity contribution in [3.05, 3.63) is 47.7 Å². The summed E-state index contributed by atoms with van der Waals surface area (Å²) in [5.41, 5.74) is 2.06. The maximum Gasteiger partial charge on any atom is 0.325 e. The van der Waals surface area contributed by atoms with E-state index in [0.717, 1.165) is 23.3 Å². The highest BCUT2D eigenvalue weighted by atomic mass is 16.5. The fourth-order valence-electron chi connectivity index (χ4n) is 2.30. The average Bonchev–Trinajstić information content (AvgIpc) is 3.13. The number of nitrogens with one attached hydrogen (secondary N) is 1. The summed E-state index contributed by atoms with van der Waals surface area (Å²) in [4.78, 5) is 22.4. The highest BCUT2D eigenvalue weighted by molar-refractivity contribution is 6.01. The molecule has 1 amide bonds. The number of fused-ring (bicyclic) bond motifs is 1. The molecule has 0 atom stereocenters. The van der Waals surface area contributed by atoms with Crippen molar-refractivity contribution in [1.29, 1.82) is 0 Å². The molecule has 118 valence electrons. The second kappa shape index (κ2) is 6.35. The summed E-state index contributed by atoms with van der Waals surface area (Å²) in [5, 5.41) is 15.2. The molecule has 2 heterocycles. The number of aromatic nitrogens is 2. The van der Waals surface area contributed by atoms with E-state index in [0.29, 0.717) is 12.4 Å². The van der Waals surface area contributed by atoms with Gasteiger partial charge >= 0.3 is 5.97 Å². The zero-order chi connectivity index (χ0) is 16.2. The van der Waals surface area contributed by atoms with Crippen LogP contribution < -0.4 is 10.1 Å². The third-order valence-corrected chi connectivity index (χ3v) is 3.33. The average molecular weight is 313 g/mol. The molecule has 1 aromatic heterocycles. The third kappa shape index (κ3) is 3.76. The van der Waals surface area contributed by atoms with Crippen LogP contribution >= 0.6 is 0 Å². The van der Waals surface area contributed by atoms with Crippen molar-refractivity contribution < 1.29 is 19.4 Å². The van der Waals surface area contributed by atoms with Gasteiger partial charge in [0.05, 0.1) is 6.61 Å². The van der Waals surface area contributed by atoms with Gasteiger partial charge in [-0.3, -0.25) is 14.3 Å². The van der Waals surface area contributed by atoms with Gasteiger partial charge in [0.1, 0.15) is 12.3 Å². The molecule has 0 radical (unpaired) electrons. The predicted octanol–water partition coefficient (Wildman–Crippen LogP) is 1.55. The Morgan fingerprint density at radius 2 is 2.26 bits per heavy atom. The second-order valence-electron chi connectivity index (χ2n) is 5.08. The summed E-state index contributed by atoms with van der Waals surface area (Å²) < 4.78 is 6.67. The molecule has 23 heavy (non-hydrogen) atoms. The van der Waals surface area contributed by atoms with Crippen LogP contribution in [0.1, 0.15) is 11.1 Å². The van der Waals surface area contributed by atoms with Gasteiger partial charge in [-0.15, -0.1) is 0 Å². The molecular formula is C16H15N3O4. The van der Waals surface area contributed by atoms with Crippen LogP contribution in [0.4, 0.5) is 5.82 Å². The Labute approximate surface area is 132 Å². The Morgan fingerprint density at radius 1 is 1.39 bits per heavy atom. The van der Waals surface area contributed by atoms with Gasteiger partial charge < -0.3 is 15.2 Å². The summed E-state index contributed by atoms with van der Waals surface area (Å²) in [7, 11) is 0. The first-order valence-corrected chi connectivity index (χ1v) is 7.10. The van der Waals surface area contributed by atoms with Crippen LogP contribution in [0.3, 0.4) is 0 Å². The molecule has 3 rings (SSSR count). The number of ether oxygens (including phenoxy) is 1. The SMILES string of the molecule is O=C(O)Cn1ccc(NC(=O)C=Cc2ccc3c(c2)CCO3)n1. The van der Waals surface area contributed by atoms with Gasteiger partial charge in [-0.25, -0.2) is 0 Å². The van der Waals surface area contributed by atoms with E-state index < -0.39 is 5.97 Å². The van der Waals surface area contributed by atoms with Crippen molar-refractivity contribution >= 4 is 23.8 Å². The number of carbonyl (C=O) groups excluding carboxylic acids is 1. The Kier molecular flexibility index (Phi) is 4.09. The number of carboxylic acid groups (broad SMARTS) is 1. The monoisotopic (exact) mass is 313 g/mol. The van der Waals surface area contributed by atoms with E-state index >= 15 is 0 Å². The molecular weight excluding hydrogens is 298 g/mol. The van der Waals surface area contributed by atoms with Crippen molar-refractivity contribution in [1.82, 2.24) is 9.78 Å². The summed E-state index contributed by atoms with van der Waals surface area (Å²) >= 11 is 0. The van der Waals surface area contributed by atoms with Crippen LogP contribution in [0.25, 0.3) is 6.08 Å². The first-order chi connectivity index (χ1) is 11.1. The Balaban J connectivity index is 1.60. The van der Waals surface area contributed by atoms with Crippen LogP contribution in [0, 0.1) is 0 Å². The van der Waals surface area contributed by atoms with Crippen molar-refractivity contribution in [2.75, 3.05) is 11.9 Å². The summed E-state index contributed by atoms with van der Waals surface area (Å²) in [6.07, 6.45) is 5.49. The van der Waals surface area contributed by atoms with Gasteiger partial charge in [-0.05, 0) is 29.3 Å². The van der Waals surface area contributed by atoms with Gasteiger partial charge in [-0.2, -0.15) is 5.10 Å². The zero-order valence-electron chi connectivity index (χ0n) is 12.2. The van der Waals surface area contributed by atoms with Crippen molar-refractivity contribution in [2.45, 2.75) is 13.0 Å². The molecule has 0 aliphatic carbocycles. The van der Waals surface area contributed by atoms with Gasteiger partial charge in [0.25, 0.3) is 0 Å². The molecule has 0 unspecified atom stereocenters. The molecule has 0 bridgehead atoms. The molecule has 1 aromatic carbocycles. The third-order valence-electron chi connectivity index (χ3n) is 3.33. The highest BCUT2D eigenvalue weighted by Gasteiger charge is 2.11. The normalized spacial score (nSPS) is 12.9. The maximum absolute atomic E-state index is 11.9. The second-order valence-corrected chi connectivity index (χ2v) is 5.08. The number of hydrogen-bond acceptors (Lipinski definition) is 4. The number of rotatable bonds is 5. The minimum Gasteiger partial charge on any atom is -0.493 e. The van der Waals surface area contributed by atoms with E-state index in [1.54, 1.807) is 12.1 Å². The summed E-state index contributed by atoms with van der Waals surface area (Å²) in [6, 6.07) is 7.32. The lowest BCUT2D eigenvalue weighted by Crippen LogP contribution is -2.11. The van der Waals surface area contributed by atoms with E-state index in [-0.39, 0.29) is 12.5 Å². The maximum atomic E-state index is 11.9. The molecule has 0 saturated carbocycles. The topological polar surface area (TPSA) is 93.5 Å². The zero-order valence-corrected chi connectivity index (χ0v) is 12.2. The minimum atomic E-state index is -0.994. The number of carbonyl (C=O) groups is 2. The molecule has 1 aliphatic heterocycles. The number of amides is 1. The molecule has 2 N–H and O–H groups in total. The van der Waals surface area contributed by atoms with Crippen LogP contribution in [-0.4, -0.2) is 33.4 Å². The van der Waals surface area contributed by atoms with Crippen LogP contribution in [0.5, 0.6) is 5.75 Å². The molecule has 7 heteroatoms.